The Hall–Kier alpha value is -1.02. The zero-order chi connectivity index (χ0) is 13.8. The molecule has 0 heterocycles. The summed E-state index contributed by atoms with van der Waals surface area (Å²) < 4.78 is 0. The van der Waals surface area contributed by atoms with E-state index in [1.54, 1.807) is 6.07 Å². The monoisotopic (exact) mass is 293 g/mol. The summed E-state index contributed by atoms with van der Waals surface area (Å²) in [5.41, 5.74) is 3.62. The van der Waals surface area contributed by atoms with Gasteiger partial charge in [-0.1, -0.05) is 59.1 Å². The highest BCUT2D eigenvalue weighted by Crippen LogP contribution is 2.22. The van der Waals surface area contributed by atoms with Gasteiger partial charge in [-0.2, -0.15) is 0 Å². The zero-order valence-corrected chi connectivity index (χ0v) is 12.6. The van der Waals surface area contributed by atoms with E-state index in [-0.39, 0.29) is 6.04 Å². The molecule has 0 radical (unpaired) electrons. The minimum absolute atomic E-state index is 0.284. The first kappa shape index (κ1) is 14.4. The molecule has 0 aliphatic heterocycles. The Morgan fingerprint density at radius 1 is 1.11 bits per heavy atom. The Morgan fingerprint density at radius 3 is 2.58 bits per heavy atom. The molecule has 1 N–H and O–H groups in total. The van der Waals surface area contributed by atoms with Crippen LogP contribution in [-0.2, 0) is 6.54 Å². The molecular weight excluding hydrogens is 277 g/mol. The summed E-state index contributed by atoms with van der Waals surface area (Å²) in [7, 11) is 0. The molecule has 1 atom stereocenters. The molecule has 0 fully saturated rings. The van der Waals surface area contributed by atoms with Gasteiger partial charge in [0.1, 0.15) is 0 Å². The van der Waals surface area contributed by atoms with Crippen molar-refractivity contribution in [2.24, 2.45) is 0 Å². The lowest BCUT2D eigenvalue weighted by Gasteiger charge is -2.15. The van der Waals surface area contributed by atoms with E-state index in [1.165, 1.54) is 11.1 Å². The zero-order valence-electron chi connectivity index (χ0n) is 11.1. The van der Waals surface area contributed by atoms with Crippen LogP contribution in [0.25, 0.3) is 0 Å². The summed E-state index contributed by atoms with van der Waals surface area (Å²) >= 11 is 12.0. The number of halogens is 2. The Labute approximate surface area is 124 Å². The molecule has 3 heteroatoms. The van der Waals surface area contributed by atoms with Crippen molar-refractivity contribution in [3.63, 3.8) is 0 Å². The summed E-state index contributed by atoms with van der Waals surface area (Å²) in [5, 5.41) is 4.85. The van der Waals surface area contributed by atoms with Crippen LogP contribution in [0.2, 0.25) is 10.0 Å². The largest absolute Gasteiger partial charge is 0.306 e. The van der Waals surface area contributed by atoms with E-state index in [2.05, 4.69) is 43.4 Å². The lowest BCUT2D eigenvalue weighted by molar-refractivity contribution is 0.574. The maximum absolute atomic E-state index is 6.16. The third-order valence-electron chi connectivity index (χ3n) is 3.16. The summed E-state index contributed by atoms with van der Waals surface area (Å²) in [4.78, 5) is 0. The third-order valence-corrected chi connectivity index (χ3v) is 3.74. The molecule has 2 aromatic carbocycles. The minimum Gasteiger partial charge on any atom is -0.306 e. The predicted octanol–water partition coefficient (Wildman–Crippen LogP) is 5.15. The summed E-state index contributed by atoms with van der Waals surface area (Å²) in [6.07, 6.45) is 0. The Kier molecular flexibility index (Phi) is 4.87. The van der Waals surface area contributed by atoms with Gasteiger partial charge in [0.25, 0.3) is 0 Å². The number of hydrogen-bond donors (Lipinski definition) is 1. The second-order valence-electron chi connectivity index (χ2n) is 4.75. The lowest BCUT2D eigenvalue weighted by atomic mass is 10.1. The van der Waals surface area contributed by atoms with Crippen molar-refractivity contribution in [1.29, 1.82) is 0 Å². The molecule has 0 spiro atoms. The minimum atomic E-state index is 0.284. The van der Waals surface area contributed by atoms with Gasteiger partial charge >= 0.3 is 0 Å². The number of benzene rings is 2. The molecule has 1 nitrogen and oxygen atoms in total. The molecule has 0 aromatic heterocycles. The van der Waals surface area contributed by atoms with Gasteiger partial charge in [-0.05, 0) is 37.1 Å². The van der Waals surface area contributed by atoms with Gasteiger partial charge in [-0.15, -0.1) is 0 Å². The maximum Gasteiger partial charge on any atom is 0.0465 e. The molecule has 0 amide bonds. The molecule has 0 saturated carbocycles. The van der Waals surface area contributed by atoms with E-state index < -0.39 is 0 Å². The van der Waals surface area contributed by atoms with Gasteiger partial charge in [0.2, 0.25) is 0 Å². The van der Waals surface area contributed by atoms with Crippen LogP contribution in [0.15, 0.2) is 42.5 Å². The number of aryl methyl sites for hydroxylation is 1. The molecule has 0 aliphatic carbocycles. The SMILES string of the molecule is Cc1cccc([C@@H](C)NCc2ccc(Cl)cc2Cl)c1. The van der Waals surface area contributed by atoms with Crippen LogP contribution < -0.4 is 5.32 Å². The Bertz CT molecular complexity index is 566. The highest BCUT2D eigenvalue weighted by Gasteiger charge is 2.06. The van der Waals surface area contributed by atoms with Crippen LogP contribution >= 0.6 is 23.2 Å². The molecule has 2 rings (SSSR count). The van der Waals surface area contributed by atoms with Crippen molar-refractivity contribution in [1.82, 2.24) is 5.32 Å². The maximum atomic E-state index is 6.16. The van der Waals surface area contributed by atoms with E-state index in [0.29, 0.717) is 10.0 Å². The normalized spacial score (nSPS) is 12.4. The van der Waals surface area contributed by atoms with Crippen molar-refractivity contribution >= 4 is 23.2 Å². The first-order valence-electron chi connectivity index (χ1n) is 6.30. The number of rotatable bonds is 4. The van der Waals surface area contributed by atoms with Gasteiger partial charge in [0, 0.05) is 22.6 Å². The second-order valence-corrected chi connectivity index (χ2v) is 5.60. The molecule has 0 saturated heterocycles. The fourth-order valence-electron chi connectivity index (χ4n) is 1.99. The van der Waals surface area contributed by atoms with Gasteiger partial charge in [0.05, 0.1) is 0 Å². The van der Waals surface area contributed by atoms with Crippen molar-refractivity contribution in [2.75, 3.05) is 0 Å². The Balaban J connectivity index is 2.02. The van der Waals surface area contributed by atoms with Gasteiger partial charge in [-0.25, -0.2) is 0 Å². The standard InChI is InChI=1S/C16H17Cl2N/c1-11-4-3-5-13(8-11)12(2)19-10-14-6-7-15(17)9-16(14)18/h3-9,12,19H,10H2,1-2H3/t12-/m1/s1. The Morgan fingerprint density at radius 2 is 1.89 bits per heavy atom. The van der Waals surface area contributed by atoms with Crippen LogP contribution in [0.3, 0.4) is 0 Å². The molecule has 0 bridgehead atoms. The van der Waals surface area contributed by atoms with Gasteiger partial charge < -0.3 is 5.32 Å². The number of nitrogens with one attached hydrogen (secondary N) is 1. The van der Waals surface area contributed by atoms with E-state index in [4.69, 9.17) is 23.2 Å². The van der Waals surface area contributed by atoms with E-state index in [0.717, 1.165) is 12.1 Å². The van der Waals surface area contributed by atoms with Crippen LogP contribution in [0.4, 0.5) is 0 Å². The molecule has 0 aliphatic rings. The predicted molar refractivity (Wildman–Crippen MR) is 82.9 cm³/mol. The van der Waals surface area contributed by atoms with E-state index >= 15 is 0 Å². The number of hydrogen-bond acceptors (Lipinski definition) is 1. The average Bonchev–Trinajstić information content (AvgIpc) is 2.37. The molecule has 19 heavy (non-hydrogen) atoms. The van der Waals surface area contributed by atoms with Crippen molar-refractivity contribution in [2.45, 2.75) is 26.4 Å². The first-order chi connectivity index (χ1) is 9.06. The average molecular weight is 294 g/mol. The smallest absolute Gasteiger partial charge is 0.0465 e. The second kappa shape index (κ2) is 6.42. The quantitative estimate of drug-likeness (QED) is 0.822. The fourth-order valence-corrected chi connectivity index (χ4v) is 2.46. The van der Waals surface area contributed by atoms with Crippen LogP contribution in [0.5, 0.6) is 0 Å². The van der Waals surface area contributed by atoms with Crippen molar-refractivity contribution in [3.8, 4) is 0 Å². The van der Waals surface area contributed by atoms with Crippen LogP contribution in [0, 0.1) is 6.92 Å². The summed E-state index contributed by atoms with van der Waals surface area (Å²) in [5.74, 6) is 0. The van der Waals surface area contributed by atoms with Gasteiger partial charge in [-0.3, -0.25) is 0 Å². The van der Waals surface area contributed by atoms with E-state index in [1.807, 2.05) is 12.1 Å². The first-order valence-corrected chi connectivity index (χ1v) is 7.06. The third kappa shape index (κ3) is 3.97. The van der Waals surface area contributed by atoms with Crippen molar-refractivity contribution < 1.29 is 0 Å². The van der Waals surface area contributed by atoms with Crippen molar-refractivity contribution in [3.05, 3.63) is 69.2 Å². The highest BCUT2D eigenvalue weighted by molar-refractivity contribution is 6.35. The summed E-state index contributed by atoms with van der Waals surface area (Å²) in [6.45, 7) is 4.98. The van der Waals surface area contributed by atoms with Gasteiger partial charge in [0.15, 0.2) is 0 Å². The van der Waals surface area contributed by atoms with Crippen LogP contribution in [-0.4, -0.2) is 0 Å². The molecule has 0 unspecified atom stereocenters. The summed E-state index contributed by atoms with van der Waals surface area (Å²) in [6, 6.07) is 14.4. The fraction of sp³-hybridized carbons (Fsp3) is 0.250. The molecular formula is C16H17Cl2N. The molecule has 100 valence electrons. The van der Waals surface area contributed by atoms with Crippen LogP contribution in [0.1, 0.15) is 29.7 Å². The highest BCUT2D eigenvalue weighted by atomic mass is 35.5. The molecule has 2 aromatic rings. The van der Waals surface area contributed by atoms with E-state index in [9.17, 15) is 0 Å². The topological polar surface area (TPSA) is 12.0 Å². The lowest BCUT2D eigenvalue weighted by Crippen LogP contribution is -2.18.